The fraction of sp³-hybridized carbons (Fsp3) is 0.700. The standard InChI is InChI=1S/C18H30.C2H7NO4S/c1-2-3-4-5-6-7-8-9-10-12-15-18-16-13-11-14-17-18;4-2-1-3-8(5,6)7/h11,13-14,16-17H,2-10,12,15H2,1H3;3-4H,1-2H2,(H,5,6,7). The molecule has 0 atom stereocenters. The number of hydrogen-bond acceptors (Lipinski definition) is 3. The van der Waals surface area contributed by atoms with Gasteiger partial charge in [-0.1, -0.05) is 95.0 Å². The maximum Gasteiger partial charge on any atom is 0.333 e. The van der Waals surface area contributed by atoms with Gasteiger partial charge in [0.25, 0.3) is 0 Å². The predicted octanol–water partition coefficient (Wildman–Crippen LogP) is 4.52. The van der Waals surface area contributed by atoms with E-state index in [1.165, 1.54) is 76.2 Å². The summed E-state index contributed by atoms with van der Waals surface area (Å²) in [6.45, 7) is 1.81. The first-order valence-electron chi connectivity index (χ1n) is 9.86. The Kier molecular flexibility index (Phi) is 16.8. The molecule has 0 aromatic heterocycles. The average molecular weight is 388 g/mol. The summed E-state index contributed by atoms with van der Waals surface area (Å²) < 4.78 is 29.0. The second-order valence-corrected chi connectivity index (χ2v) is 7.75. The monoisotopic (exact) mass is 387 g/mol. The summed E-state index contributed by atoms with van der Waals surface area (Å²) in [6.07, 6.45) is 15.5. The maximum atomic E-state index is 9.72. The van der Waals surface area contributed by atoms with Gasteiger partial charge in [0.2, 0.25) is 0 Å². The molecule has 0 amide bonds. The summed E-state index contributed by atoms with van der Waals surface area (Å²) in [5.74, 6) is 0. The minimum atomic E-state index is -4.10. The summed E-state index contributed by atoms with van der Waals surface area (Å²) >= 11 is 0. The van der Waals surface area contributed by atoms with Crippen molar-refractivity contribution in [2.24, 2.45) is 0 Å². The zero-order chi connectivity index (χ0) is 19.5. The smallest absolute Gasteiger partial charge is 0.333 e. The number of benzene rings is 1. The van der Waals surface area contributed by atoms with Gasteiger partial charge in [-0.05, 0) is 18.4 Å². The second kappa shape index (κ2) is 17.5. The van der Waals surface area contributed by atoms with E-state index in [4.69, 9.17) is 9.66 Å². The van der Waals surface area contributed by atoms with Crippen LogP contribution in [0.15, 0.2) is 30.3 Å². The summed E-state index contributed by atoms with van der Waals surface area (Å²) in [6, 6.07) is 10.9. The Bertz CT molecular complexity index is 506. The third kappa shape index (κ3) is 19.4. The van der Waals surface area contributed by atoms with E-state index >= 15 is 0 Å². The van der Waals surface area contributed by atoms with Crippen LogP contribution in [0.25, 0.3) is 0 Å². The highest BCUT2D eigenvalue weighted by Crippen LogP contribution is 2.12. The molecule has 1 aromatic rings. The lowest BCUT2D eigenvalue weighted by molar-refractivity contribution is 0.298. The van der Waals surface area contributed by atoms with E-state index < -0.39 is 10.3 Å². The molecule has 0 spiro atoms. The topological polar surface area (TPSA) is 86.6 Å². The molecule has 0 aliphatic carbocycles. The van der Waals surface area contributed by atoms with E-state index in [1.807, 2.05) is 0 Å². The third-order valence-corrected chi connectivity index (χ3v) is 4.63. The van der Waals surface area contributed by atoms with Crippen molar-refractivity contribution in [3.63, 3.8) is 0 Å². The molecular formula is C20H37NO4S. The number of aryl methyl sites for hydroxylation is 1. The van der Waals surface area contributed by atoms with Crippen LogP contribution < -0.4 is 4.72 Å². The zero-order valence-corrected chi connectivity index (χ0v) is 17.0. The molecule has 3 N–H and O–H groups in total. The quantitative estimate of drug-likeness (QED) is 0.323. The van der Waals surface area contributed by atoms with Crippen LogP contribution in [0.3, 0.4) is 0 Å². The number of aliphatic hydroxyl groups excluding tert-OH is 1. The van der Waals surface area contributed by atoms with Crippen molar-refractivity contribution in [1.82, 2.24) is 4.72 Å². The molecule has 1 rings (SSSR count). The van der Waals surface area contributed by atoms with Gasteiger partial charge in [0.1, 0.15) is 0 Å². The van der Waals surface area contributed by atoms with Crippen LogP contribution in [-0.4, -0.2) is 31.2 Å². The van der Waals surface area contributed by atoms with E-state index in [1.54, 1.807) is 4.72 Å². The molecule has 152 valence electrons. The maximum absolute atomic E-state index is 9.72. The normalized spacial score (nSPS) is 11.0. The van der Waals surface area contributed by atoms with Crippen LogP contribution in [0.1, 0.15) is 76.7 Å². The third-order valence-electron chi connectivity index (χ3n) is 4.06. The summed E-state index contributed by atoms with van der Waals surface area (Å²) in [5.41, 5.74) is 1.50. The SMILES string of the molecule is CCCCCCCCCCCCc1ccccc1.O=S(=O)(O)NCCO. The van der Waals surface area contributed by atoms with Gasteiger partial charge < -0.3 is 5.11 Å². The first-order valence-corrected chi connectivity index (χ1v) is 11.3. The molecule has 0 aliphatic heterocycles. The van der Waals surface area contributed by atoms with Crippen LogP contribution in [-0.2, 0) is 16.7 Å². The molecule has 6 heteroatoms. The summed E-state index contributed by atoms with van der Waals surface area (Å²) in [5, 5.41) is 7.99. The Morgan fingerprint density at radius 3 is 1.77 bits per heavy atom. The Hall–Kier alpha value is -0.950. The Labute approximate surface area is 160 Å². The van der Waals surface area contributed by atoms with Gasteiger partial charge in [-0.2, -0.15) is 13.1 Å². The molecule has 0 saturated carbocycles. The molecule has 26 heavy (non-hydrogen) atoms. The van der Waals surface area contributed by atoms with Crippen LogP contribution in [0.2, 0.25) is 0 Å². The fourth-order valence-corrected chi connectivity index (χ4v) is 2.99. The van der Waals surface area contributed by atoms with Crippen molar-refractivity contribution < 1.29 is 18.1 Å². The van der Waals surface area contributed by atoms with E-state index in [2.05, 4.69) is 37.3 Å². The molecule has 0 bridgehead atoms. The molecule has 5 nitrogen and oxygen atoms in total. The van der Waals surface area contributed by atoms with Crippen molar-refractivity contribution >= 4 is 10.3 Å². The Balaban J connectivity index is 0.000000660. The van der Waals surface area contributed by atoms with Crippen molar-refractivity contribution in [1.29, 1.82) is 0 Å². The van der Waals surface area contributed by atoms with Gasteiger partial charge in [-0.3, -0.25) is 4.55 Å². The van der Waals surface area contributed by atoms with Crippen molar-refractivity contribution in [2.75, 3.05) is 13.2 Å². The number of nitrogens with one attached hydrogen (secondary N) is 1. The van der Waals surface area contributed by atoms with Crippen LogP contribution >= 0.6 is 0 Å². The molecule has 0 saturated heterocycles. The minimum absolute atomic E-state index is 0.154. The number of hydrogen-bond donors (Lipinski definition) is 3. The number of rotatable bonds is 14. The molecule has 0 unspecified atom stereocenters. The van der Waals surface area contributed by atoms with E-state index in [0.29, 0.717) is 0 Å². The lowest BCUT2D eigenvalue weighted by atomic mass is 10.0. The highest BCUT2D eigenvalue weighted by molar-refractivity contribution is 7.83. The molecule has 0 heterocycles. The van der Waals surface area contributed by atoms with Gasteiger partial charge in [-0.15, -0.1) is 0 Å². The second-order valence-electron chi connectivity index (χ2n) is 6.51. The lowest BCUT2D eigenvalue weighted by Gasteiger charge is -2.03. The van der Waals surface area contributed by atoms with Gasteiger partial charge in [-0.25, -0.2) is 0 Å². The number of aliphatic hydroxyl groups is 1. The van der Waals surface area contributed by atoms with Crippen LogP contribution in [0, 0.1) is 0 Å². The minimum Gasteiger partial charge on any atom is -0.395 e. The summed E-state index contributed by atoms with van der Waals surface area (Å²) in [4.78, 5) is 0. The molecule has 1 aromatic carbocycles. The highest BCUT2D eigenvalue weighted by atomic mass is 32.2. The fourth-order valence-electron chi connectivity index (χ4n) is 2.64. The first kappa shape index (κ1) is 25.1. The van der Waals surface area contributed by atoms with Gasteiger partial charge in [0, 0.05) is 6.54 Å². The van der Waals surface area contributed by atoms with E-state index in [-0.39, 0.29) is 13.2 Å². The number of unbranched alkanes of at least 4 members (excludes halogenated alkanes) is 9. The van der Waals surface area contributed by atoms with Gasteiger partial charge in [0.05, 0.1) is 6.61 Å². The molecule has 0 radical (unpaired) electrons. The largest absolute Gasteiger partial charge is 0.395 e. The van der Waals surface area contributed by atoms with Gasteiger partial charge >= 0.3 is 10.3 Å². The van der Waals surface area contributed by atoms with E-state index in [0.717, 1.165) is 0 Å². The zero-order valence-electron chi connectivity index (χ0n) is 16.2. The van der Waals surface area contributed by atoms with Crippen LogP contribution in [0.4, 0.5) is 0 Å². The predicted molar refractivity (Wildman–Crippen MR) is 109 cm³/mol. The van der Waals surface area contributed by atoms with Crippen molar-refractivity contribution in [2.45, 2.75) is 77.6 Å². The van der Waals surface area contributed by atoms with Gasteiger partial charge in [0.15, 0.2) is 0 Å². The lowest BCUT2D eigenvalue weighted by Crippen LogP contribution is -2.25. The summed E-state index contributed by atoms with van der Waals surface area (Å²) in [7, 11) is -4.10. The average Bonchev–Trinajstić information content (AvgIpc) is 2.62. The molecular weight excluding hydrogens is 350 g/mol. The Morgan fingerprint density at radius 2 is 1.35 bits per heavy atom. The Morgan fingerprint density at radius 1 is 0.846 bits per heavy atom. The first-order chi connectivity index (χ1) is 12.5. The van der Waals surface area contributed by atoms with Crippen molar-refractivity contribution in [3.05, 3.63) is 35.9 Å². The van der Waals surface area contributed by atoms with E-state index in [9.17, 15) is 8.42 Å². The molecule has 0 aliphatic rings. The highest BCUT2D eigenvalue weighted by Gasteiger charge is 1.98. The molecule has 0 fully saturated rings. The van der Waals surface area contributed by atoms with Crippen LogP contribution in [0.5, 0.6) is 0 Å². The van der Waals surface area contributed by atoms with Crippen molar-refractivity contribution in [3.8, 4) is 0 Å².